The third kappa shape index (κ3) is 8.51. The van der Waals surface area contributed by atoms with Crippen LogP contribution in [0.25, 0.3) is 5.82 Å². The van der Waals surface area contributed by atoms with Crippen LogP contribution in [0.1, 0.15) is 47.8 Å². The second-order valence-electron chi connectivity index (χ2n) is 9.24. The van der Waals surface area contributed by atoms with Crippen LogP contribution in [-0.4, -0.2) is 63.6 Å². The zero-order chi connectivity index (χ0) is 30.6. The number of methoxy groups -OCH3 is 1. The molecule has 0 aliphatic carbocycles. The number of hydrogen-bond acceptors (Lipinski definition) is 8. The molecule has 12 heteroatoms. The minimum absolute atomic E-state index is 0.00678. The molecule has 0 radical (unpaired) electrons. The highest BCUT2D eigenvalue weighted by Crippen LogP contribution is 2.34. The molecule has 12 nitrogen and oxygen atoms in total. The molecule has 222 valence electrons. The fraction of sp³-hybridized carbons (Fsp3) is 0.300. The molecule has 4 rings (SSSR count). The molecule has 0 saturated heterocycles. The van der Waals surface area contributed by atoms with Gasteiger partial charge in [0, 0.05) is 31.7 Å². The number of carbonyl (C=O) groups is 1. The summed E-state index contributed by atoms with van der Waals surface area (Å²) in [6.07, 6.45) is 2.16. The average molecular weight is 577 g/mol. The van der Waals surface area contributed by atoms with Gasteiger partial charge < -0.3 is 25.1 Å². The normalized spacial score (nSPS) is 11.2. The number of hydrogen-bond donors (Lipinski definition) is 4. The van der Waals surface area contributed by atoms with E-state index in [9.17, 15) is 4.79 Å². The van der Waals surface area contributed by atoms with Crippen LogP contribution >= 0.6 is 0 Å². The van der Waals surface area contributed by atoms with Crippen LogP contribution in [0.4, 0.5) is 0 Å². The molecule has 2 aromatic carbocycles. The number of ether oxygens (including phenoxy) is 3. The standard InChI is InChI=1S/C28H32N6O4.C2H4O2/c1-4-37-24-17-21(11-12-23(24)38-15-14-36-3)22(16-19-7-9-20(10-8-19)25(29)30)26-32-28(35)34(33-26)27-18(2)6-5-13-31-27;1-2(3)4/h5-13,17,22H,4,14-16H2,1-3H3,(H3,29,30)(H,32,33,35);1H3,(H,3,4). The summed E-state index contributed by atoms with van der Waals surface area (Å²) >= 11 is 0. The molecule has 0 fully saturated rings. The second kappa shape index (κ2) is 15.1. The van der Waals surface area contributed by atoms with Gasteiger partial charge in [-0.3, -0.25) is 15.2 Å². The highest BCUT2D eigenvalue weighted by Gasteiger charge is 2.23. The first-order chi connectivity index (χ1) is 20.1. The van der Waals surface area contributed by atoms with Crippen molar-refractivity contribution < 1.29 is 24.1 Å². The maximum Gasteiger partial charge on any atom is 0.349 e. The summed E-state index contributed by atoms with van der Waals surface area (Å²) in [6, 6.07) is 16.9. The molecule has 0 bridgehead atoms. The lowest BCUT2D eigenvalue weighted by molar-refractivity contribution is -0.134. The van der Waals surface area contributed by atoms with Gasteiger partial charge >= 0.3 is 5.69 Å². The van der Waals surface area contributed by atoms with E-state index in [2.05, 4.69) is 15.1 Å². The molecule has 0 aliphatic rings. The number of amidine groups is 1. The number of H-pyrrole nitrogens is 1. The number of aliphatic carboxylic acids is 1. The van der Waals surface area contributed by atoms with Crippen molar-refractivity contribution >= 4 is 11.8 Å². The number of carboxylic acid groups (broad SMARTS) is 1. The van der Waals surface area contributed by atoms with Crippen LogP contribution in [-0.2, 0) is 16.0 Å². The lowest BCUT2D eigenvalue weighted by Crippen LogP contribution is -2.18. The number of aromatic nitrogens is 4. The Balaban J connectivity index is 0.00000114. The smallest absolute Gasteiger partial charge is 0.349 e. The van der Waals surface area contributed by atoms with Gasteiger partial charge in [0.2, 0.25) is 0 Å². The molecule has 0 saturated carbocycles. The number of nitrogens with two attached hydrogens (primary N) is 1. The molecule has 2 aromatic heterocycles. The highest BCUT2D eigenvalue weighted by atomic mass is 16.5. The topological polar surface area (TPSA) is 178 Å². The van der Waals surface area contributed by atoms with Crippen LogP contribution in [0.3, 0.4) is 0 Å². The SMILES string of the molecule is CC(=O)O.CCOc1cc(C(Cc2ccc(C(=N)N)cc2)c2nn(-c3ncccc3C)c(=O)[nH]2)ccc1OCCOC. The maximum absolute atomic E-state index is 13.0. The number of aromatic amines is 1. The number of benzene rings is 2. The van der Waals surface area contributed by atoms with Gasteiger partial charge in [-0.15, -0.1) is 5.10 Å². The van der Waals surface area contributed by atoms with Crippen molar-refractivity contribution in [2.45, 2.75) is 33.1 Å². The predicted octanol–water partition coefficient (Wildman–Crippen LogP) is 3.44. The molecule has 0 amide bonds. The van der Waals surface area contributed by atoms with E-state index in [1.807, 2.05) is 68.4 Å². The van der Waals surface area contributed by atoms with Crippen LogP contribution in [0.5, 0.6) is 11.5 Å². The van der Waals surface area contributed by atoms with E-state index in [1.54, 1.807) is 13.3 Å². The molecule has 0 aliphatic heterocycles. The van der Waals surface area contributed by atoms with Crippen LogP contribution < -0.4 is 20.9 Å². The molecule has 2 heterocycles. The number of aryl methyl sites for hydroxylation is 1. The number of nitrogens with one attached hydrogen (secondary N) is 2. The summed E-state index contributed by atoms with van der Waals surface area (Å²) in [6.45, 7) is 6.19. The summed E-state index contributed by atoms with van der Waals surface area (Å²) in [7, 11) is 1.62. The van der Waals surface area contributed by atoms with Crippen molar-refractivity contribution in [2.75, 3.05) is 26.9 Å². The van der Waals surface area contributed by atoms with Gasteiger partial charge in [0.1, 0.15) is 18.3 Å². The lowest BCUT2D eigenvalue weighted by atomic mass is 9.90. The predicted molar refractivity (Wildman–Crippen MR) is 158 cm³/mol. The Kier molecular flexibility index (Phi) is 11.4. The minimum atomic E-state index is -0.833. The molecular formula is C30H36N6O6. The Bertz CT molecular complexity index is 1540. The highest BCUT2D eigenvalue weighted by molar-refractivity contribution is 5.94. The average Bonchev–Trinajstić information content (AvgIpc) is 3.33. The Hall–Kier alpha value is -4.97. The van der Waals surface area contributed by atoms with Crippen molar-refractivity contribution in [3.63, 3.8) is 0 Å². The van der Waals surface area contributed by atoms with Gasteiger partial charge in [0.05, 0.1) is 13.2 Å². The zero-order valence-corrected chi connectivity index (χ0v) is 24.1. The van der Waals surface area contributed by atoms with Crippen molar-refractivity contribution in [1.29, 1.82) is 5.41 Å². The summed E-state index contributed by atoms with van der Waals surface area (Å²) < 4.78 is 18.1. The Morgan fingerprint density at radius 2 is 1.83 bits per heavy atom. The van der Waals surface area contributed by atoms with E-state index in [1.165, 1.54) is 4.68 Å². The summed E-state index contributed by atoms with van der Waals surface area (Å²) in [5.41, 5.74) is 8.61. The van der Waals surface area contributed by atoms with Gasteiger partial charge in [-0.05, 0) is 55.2 Å². The second-order valence-corrected chi connectivity index (χ2v) is 9.24. The monoisotopic (exact) mass is 576 g/mol. The van der Waals surface area contributed by atoms with E-state index >= 15 is 0 Å². The molecule has 5 N–H and O–H groups in total. The summed E-state index contributed by atoms with van der Waals surface area (Å²) in [5, 5.41) is 19.7. The number of pyridine rings is 1. The largest absolute Gasteiger partial charge is 0.490 e. The van der Waals surface area contributed by atoms with Gasteiger partial charge in [-0.1, -0.05) is 36.4 Å². The van der Waals surface area contributed by atoms with Crippen molar-refractivity contribution in [1.82, 2.24) is 19.7 Å². The van der Waals surface area contributed by atoms with E-state index in [4.69, 9.17) is 35.3 Å². The van der Waals surface area contributed by atoms with E-state index < -0.39 is 5.97 Å². The molecule has 0 spiro atoms. The minimum Gasteiger partial charge on any atom is -0.490 e. The molecule has 1 unspecified atom stereocenters. The number of rotatable bonds is 12. The first kappa shape index (κ1) is 31.6. The van der Waals surface area contributed by atoms with Crippen molar-refractivity contribution in [3.8, 4) is 17.3 Å². The Morgan fingerprint density at radius 1 is 1.12 bits per heavy atom. The summed E-state index contributed by atoms with van der Waals surface area (Å²) in [5.74, 6) is 1.03. The quantitative estimate of drug-likeness (QED) is 0.112. The third-order valence-corrected chi connectivity index (χ3v) is 6.07. The molecule has 42 heavy (non-hydrogen) atoms. The van der Waals surface area contributed by atoms with Gasteiger partial charge in [0.25, 0.3) is 5.97 Å². The van der Waals surface area contributed by atoms with Crippen LogP contribution in [0.2, 0.25) is 0 Å². The van der Waals surface area contributed by atoms with Gasteiger partial charge in [-0.25, -0.2) is 9.78 Å². The fourth-order valence-corrected chi connectivity index (χ4v) is 4.13. The Labute approximate surface area is 243 Å². The van der Waals surface area contributed by atoms with Gasteiger partial charge in [0.15, 0.2) is 17.3 Å². The van der Waals surface area contributed by atoms with Crippen molar-refractivity contribution in [3.05, 3.63) is 99.4 Å². The lowest BCUT2D eigenvalue weighted by Gasteiger charge is -2.18. The number of carboxylic acids is 1. The first-order valence-electron chi connectivity index (χ1n) is 13.3. The molecular weight excluding hydrogens is 540 g/mol. The molecule has 4 aromatic rings. The Morgan fingerprint density at radius 3 is 2.45 bits per heavy atom. The van der Waals surface area contributed by atoms with Crippen LogP contribution in [0.15, 0.2) is 65.6 Å². The fourth-order valence-electron chi connectivity index (χ4n) is 4.13. The number of nitrogens with zero attached hydrogens (tertiary/aromatic N) is 3. The zero-order valence-electron chi connectivity index (χ0n) is 24.1. The summed E-state index contributed by atoms with van der Waals surface area (Å²) in [4.78, 5) is 29.3. The molecule has 1 atom stereocenters. The van der Waals surface area contributed by atoms with Crippen LogP contribution in [0, 0.1) is 12.3 Å². The van der Waals surface area contributed by atoms with E-state index in [-0.39, 0.29) is 17.4 Å². The number of nitrogen functional groups attached to an aromatic ring is 1. The first-order valence-corrected chi connectivity index (χ1v) is 13.3. The van der Waals surface area contributed by atoms with E-state index in [0.29, 0.717) is 54.9 Å². The third-order valence-electron chi connectivity index (χ3n) is 6.07. The van der Waals surface area contributed by atoms with Crippen molar-refractivity contribution in [2.24, 2.45) is 5.73 Å². The maximum atomic E-state index is 13.0. The van der Waals surface area contributed by atoms with Gasteiger partial charge in [-0.2, -0.15) is 4.68 Å². The van der Waals surface area contributed by atoms with E-state index in [0.717, 1.165) is 23.6 Å².